The van der Waals surface area contributed by atoms with Crippen LogP contribution in [0.4, 0.5) is 11.4 Å². The van der Waals surface area contributed by atoms with Crippen LogP contribution in [0, 0.1) is 0 Å². The second kappa shape index (κ2) is 12.0. The zero-order valence-corrected chi connectivity index (χ0v) is 24.3. The summed E-state index contributed by atoms with van der Waals surface area (Å²) in [5.74, 6) is 0.412. The maximum atomic E-state index is 12.5. The number of hydrogen-bond donors (Lipinski definition) is 2. The van der Waals surface area contributed by atoms with Gasteiger partial charge < -0.3 is 24.8 Å². The number of nitrogens with one attached hydrogen (secondary N) is 2. The quantitative estimate of drug-likeness (QED) is 0.185. The van der Waals surface area contributed by atoms with Crippen LogP contribution in [-0.2, 0) is 4.79 Å². The standard InChI is InChI=1S/C32H26BrN5O2S/c33-22-11-15-24(16-12-22)37-20-6-10-28(37)31-30(27-9-4-5-19-34-27)36-32(41)38(31)25-17-13-23(14-18-25)35-29(39)21-40-26-7-2-1-3-8-26/h1-20,30-31H,21H2,(H,35,39)(H,36,41)/t30-,31-/m1/s1. The third-order valence-electron chi connectivity index (χ3n) is 6.83. The van der Waals surface area contributed by atoms with Gasteiger partial charge in [0.2, 0.25) is 0 Å². The molecular formula is C32H26BrN5O2S. The molecule has 3 heterocycles. The molecule has 0 spiro atoms. The third-order valence-corrected chi connectivity index (χ3v) is 7.67. The Morgan fingerprint density at radius 3 is 2.37 bits per heavy atom. The molecular weight excluding hydrogens is 598 g/mol. The van der Waals surface area contributed by atoms with E-state index in [4.69, 9.17) is 17.0 Å². The number of ether oxygens (including phenoxy) is 1. The predicted molar refractivity (Wildman–Crippen MR) is 168 cm³/mol. The lowest BCUT2D eigenvalue weighted by Gasteiger charge is -2.29. The molecule has 0 radical (unpaired) electrons. The molecule has 2 aromatic heterocycles. The van der Waals surface area contributed by atoms with Crippen LogP contribution >= 0.6 is 28.1 Å². The molecule has 0 unspecified atom stereocenters. The molecule has 0 saturated carbocycles. The van der Waals surface area contributed by atoms with Crippen molar-refractivity contribution in [1.82, 2.24) is 14.9 Å². The van der Waals surface area contributed by atoms with Crippen molar-refractivity contribution < 1.29 is 9.53 Å². The van der Waals surface area contributed by atoms with Crippen LogP contribution < -0.4 is 20.3 Å². The van der Waals surface area contributed by atoms with Gasteiger partial charge in [-0.1, -0.05) is 40.2 Å². The summed E-state index contributed by atoms with van der Waals surface area (Å²) in [6, 6.07) is 34.9. The molecule has 1 saturated heterocycles. The van der Waals surface area contributed by atoms with Crippen molar-refractivity contribution in [2.24, 2.45) is 0 Å². The summed E-state index contributed by atoms with van der Waals surface area (Å²) >= 11 is 9.43. The first-order valence-electron chi connectivity index (χ1n) is 13.1. The smallest absolute Gasteiger partial charge is 0.262 e. The van der Waals surface area contributed by atoms with Gasteiger partial charge in [-0.3, -0.25) is 9.78 Å². The first kappa shape index (κ1) is 26.7. The Balaban J connectivity index is 1.28. The minimum Gasteiger partial charge on any atom is -0.484 e. The molecule has 41 heavy (non-hydrogen) atoms. The number of anilines is 2. The SMILES string of the molecule is O=C(COc1ccccc1)Nc1ccc(N2C(=S)N[C@H](c3ccccn3)[C@H]2c2cccn2-c2ccc(Br)cc2)cc1. The summed E-state index contributed by atoms with van der Waals surface area (Å²) < 4.78 is 8.76. The largest absolute Gasteiger partial charge is 0.484 e. The molecule has 2 atom stereocenters. The van der Waals surface area contributed by atoms with Crippen molar-refractivity contribution >= 4 is 50.5 Å². The molecule has 1 aliphatic heterocycles. The van der Waals surface area contributed by atoms with Gasteiger partial charge in [0.15, 0.2) is 11.7 Å². The summed E-state index contributed by atoms with van der Waals surface area (Å²) in [5.41, 5.74) is 4.57. The minimum atomic E-state index is -0.236. The van der Waals surface area contributed by atoms with Gasteiger partial charge >= 0.3 is 0 Å². The van der Waals surface area contributed by atoms with Crippen LogP contribution in [-0.4, -0.2) is 27.2 Å². The van der Waals surface area contributed by atoms with Gasteiger partial charge in [0, 0.05) is 39.6 Å². The fraction of sp³-hybridized carbons (Fsp3) is 0.0938. The second-order valence-corrected chi connectivity index (χ2v) is 10.8. The number of para-hydroxylation sites is 1. The highest BCUT2D eigenvalue weighted by Crippen LogP contribution is 2.42. The van der Waals surface area contributed by atoms with E-state index in [9.17, 15) is 4.79 Å². The minimum absolute atomic E-state index is 0.0766. The molecule has 0 bridgehead atoms. The number of amides is 1. The summed E-state index contributed by atoms with van der Waals surface area (Å²) in [4.78, 5) is 19.3. The van der Waals surface area contributed by atoms with E-state index in [-0.39, 0.29) is 24.6 Å². The molecule has 2 N–H and O–H groups in total. The number of pyridine rings is 1. The Kier molecular flexibility index (Phi) is 7.80. The number of rotatable bonds is 8. The van der Waals surface area contributed by atoms with Crippen LogP contribution in [0.5, 0.6) is 5.75 Å². The van der Waals surface area contributed by atoms with Crippen molar-refractivity contribution in [2.75, 3.05) is 16.8 Å². The highest BCUT2D eigenvalue weighted by atomic mass is 79.9. The summed E-state index contributed by atoms with van der Waals surface area (Å²) in [7, 11) is 0. The topological polar surface area (TPSA) is 71.4 Å². The summed E-state index contributed by atoms with van der Waals surface area (Å²) in [6.07, 6.45) is 3.86. The summed E-state index contributed by atoms with van der Waals surface area (Å²) in [5, 5.41) is 7.01. The van der Waals surface area contributed by atoms with E-state index in [1.807, 2.05) is 91.0 Å². The first-order valence-corrected chi connectivity index (χ1v) is 14.3. The van der Waals surface area contributed by atoms with E-state index in [0.717, 1.165) is 27.2 Å². The monoisotopic (exact) mass is 623 g/mol. The number of thiocarbonyl (C=S) groups is 1. The van der Waals surface area contributed by atoms with Crippen LogP contribution in [0.2, 0.25) is 0 Å². The van der Waals surface area contributed by atoms with Crippen LogP contribution in [0.25, 0.3) is 5.69 Å². The Labute approximate surface area is 251 Å². The fourth-order valence-electron chi connectivity index (χ4n) is 4.97. The lowest BCUT2D eigenvalue weighted by Crippen LogP contribution is -2.30. The van der Waals surface area contributed by atoms with Crippen molar-refractivity contribution in [3.8, 4) is 11.4 Å². The van der Waals surface area contributed by atoms with Gasteiger partial charge in [0.1, 0.15) is 11.8 Å². The molecule has 0 aliphatic carbocycles. The number of hydrogen-bond acceptors (Lipinski definition) is 4. The van der Waals surface area contributed by atoms with E-state index in [2.05, 4.69) is 65.4 Å². The van der Waals surface area contributed by atoms with Crippen molar-refractivity contribution in [3.05, 3.63) is 137 Å². The lowest BCUT2D eigenvalue weighted by atomic mass is 10.0. The van der Waals surface area contributed by atoms with Crippen LogP contribution in [0.1, 0.15) is 23.5 Å². The van der Waals surface area contributed by atoms with E-state index >= 15 is 0 Å². The van der Waals surface area contributed by atoms with Gasteiger partial charge in [0.25, 0.3) is 5.91 Å². The zero-order valence-electron chi connectivity index (χ0n) is 21.9. The van der Waals surface area contributed by atoms with Crippen molar-refractivity contribution in [3.63, 3.8) is 0 Å². The number of carbonyl (C=O) groups excluding carboxylic acids is 1. The molecule has 1 amide bonds. The maximum Gasteiger partial charge on any atom is 0.262 e. The van der Waals surface area contributed by atoms with E-state index in [0.29, 0.717) is 16.5 Å². The average Bonchev–Trinajstić information content (AvgIpc) is 3.62. The molecule has 204 valence electrons. The molecule has 1 fully saturated rings. The molecule has 6 rings (SSSR count). The van der Waals surface area contributed by atoms with Gasteiger partial charge in [-0.25, -0.2) is 0 Å². The van der Waals surface area contributed by atoms with Crippen LogP contribution in [0.3, 0.4) is 0 Å². The van der Waals surface area contributed by atoms with E-state index in [1.54, 1.807) is 6.20 Å². The first-order chi connectivity index (χ1) is 20.1. The van der Waals surface area contributed by atoms with Gasteiger partial charge in [-0.2, -0.15) is 0 Å². The predicted octanol–water partition coefficient (Wildman–Crippen LogP) is 6.83. The lowest BCUT2D eigenvalue weighted by molar-refractivity contribution is -0.118. The Hall–Kier alpha value is -4.47. The Bertz CT molecular complexity index is 1640. The van der Waals surface area contributed by atoms with Gasteiger partial charge in [-0.05, 0) is 97.1 Å². The van der Waals surface area contributed by atoms with Gasteiger partial charge in [0.05, 0.1) is 11.7 Å². The number of aromatic nitrogens is 2. The van der Waals surface area contributed by atoms with Crippen molar-refractivity contribution in [1.29, 1.82) is 0 Å². The summed E-state index contributed by atoms with van der Waals surface area (Å²) in [6.45, 7) is -0.0766. The number of halogens is 1. The molecule has 7 nitrogen and oxygen atoms in total. The molecule has 1 aliphatic rings. The number of benzene rings is 3. The van der Waals surface area contributed by atoms with Crippen molar-refractivity contribution in [2.45, 2.75) is 12.1 Å². The highest BCUT2D eigenvalue weighted by Gasteiger charge is 2.42. The van der Waals surface area contributed by atoms with Crippen LogP contribution in [0.15, 0.2) is 126 Å². The Morgan fingerprint density at radius 1 is 0.902 bits per heavy atom. The zero-order chi connectivity index (χ0) is 28.2. The third kappa shape index (κ3) is 5.86. The fourth-order valence-corrected chi connectivity index (χ4v) is 5.58. The number of carbonyl (C=O) groups is 1. The van der Waals surface area contributed by atoms with Gasteiger partial charge in [-0.15, -0.1) is 0 Å². The number of nitrogens with zero attached hydrogens (tertiary/aromatic N) is 3. The van der Waals surface area contributed by atoms with E-state index < -0.39 is 0 Å². The maximum absolute atomic E-state index is 12.5. The van der Waals surface area contributed by atoms with E-state index in [1.165, 1.54) is 0 Å². The normalized spacial score (nSPS) is 16.3. The Morgan fingerprint density at radius 2 is 1.63 bits per heavy atom. The molecule has 3 aromatic carbocycles. The molecule has 9 heteroatoms. The second-order valence-electron chi connectivity index (χ2n) is 9.47. The highest BCUT2D eigenvalue weighted by molar-refractivity contribution is 9.10. The molecule has 5 aromatic rings. The average molecular weight is 625 g/mol.